The van der Waals surface area contributed by atoms with E-state index in [4.69, 9.17) is 23.7 Å². The molecule has 2 aliphatic rings. The Hall–Kier alpha value is -7.25. The van der Waals surface area contributed by atoms with Gasteiger partial charge in [-0.1, -0.05) is 11.3 Å². The Morgan fingerprint density at radius 1 is 0.824 bits per heavy atom. The number of aromatic hydroxyl groups is 1. The summed E-state index contributed by atoms with van der Waals surface area (Å²) in [4.78, 5) is 67.2. The fourth-order valence-corrected chi connectivity index (χ4v) is 7.09. The van der Waals surface area contributed by atoms with Crippen LogP contribution in [0.1, 0.15) is 63.4 Å². The van der Waals surface area contributed by atoms with E-state index in [1.807, 2.05) is 5.10 Å². The highest BCUT2D eigenvalue weighted by molar-refractivity contribution is 6.24. The Morgan fingerprint density at radius 2 is 1.57 bits per heavy atom. The summed E-state index contributed by atoms with van der Waals surface area (Å²) in [6.07, 6.45) is -6.19. The van der Waals surface area contributed by atoms with Gasteiger partial charge < -0.3 is 28.8 Å². The first-order valence-electron chi connectivity index (χ1n) is 20.7. The van der Waals surface area contributed by atoms with E-state index in [0.29, 0.717) is 30.6 Å². The number of aromatic nitrogens is 6. The summed E-state index contributed by atoms with van der Waals surface area (Å²) in [5.74, 6) is -3.52. The van der Waals surface area contributed by atoms with E-state index in [-0.39, 0.29) is 129 Å². The highest BCUT2D eigenvalue weighted by Gasteiger charge is 2.46. The van der Waals surface area contributed by atoms with Gasteiger partial charge in [-0.15, -0.1) is 5.10 Å². The van der Waals surface area contributed by atoms with Crippen LogP contribution in [0.15, 0.2) is 61.1 Å². The van der Waals surface area contributed by atoms with E-state index in [0.717, 1.165) is 11.1 Å². The molecular weight excluding hydrogens is 919 g/mol. The number of fused-ring (bicyclic) bond motifs is 1. The average Bonchev–Trinajstić information content (AvgIpc) is 4.04. The Bertz CT molecular complexity index is 2670. The summed E-state index contributed by atoms with van der Waals surface area (Å²) in [5, 5.41) is 26.8. The number of ether oxygens (including phenoxy) is 5. The van der Waals surface area contributed by atoms with Crippen LogP contribution in [0.25, 0.3) is 22.4 Å². The number of rotatable bonds is 22. The number of pyridine rings is 1. The smallest absolute Gasteiger partial charge is 0.432 e. The van der Waals surface area contributed by atoms with E-state index in [2.05, 4.69) is 25.7 Å². The van der Waals surface area contributed by atoms with Crippen molar-refractivity contribution in [3.63, 3.8) is 0 Å². The Kier molecular flexibility index (Phi) is 15.1. The summed E-state index contributed by atoms with van der Waals surface area (Å²) in [5.41, 5.74) is -2.88. The quantitative estimate of drug-likeness (QED) is 0.0474. The fourth-order valence-electron chi connectivity index (χ4n) is 7.09. The molecule has 0 spiro atoms. The molecule has 19 nitrogen and oxygen atoms in total. The number of alkyl halides is 6. The number of hydrogen-bond acceptors (Lipinski definition) is 15. The maximum atomic E-state index is 13.5. The summed E-state index contributed by atoms with van der Waals surface area (Å²) in [6, 6.07) is 7.22. The molecule has 3 N–H and O–H groups in total. The Morgan fingerprint density at radius 3 is 2.31 bits per heavy atom. The van der Waals surface area contributed by atoms with Gasteiger partial charge in [0, 0.05) is 36.4 Å². The second-order valence-electron chi connectivity index (χ2n) is 15.1. The molecule has 0 saturated carbocycles. The van der Waals surface area contributed by atoms with Crippen molar-refractivity contribution in [1.82, 2.24) is 40.4 Å². The molecule has 1 fully saturated rings. The first-order chi connectivity index (χ1) is 32.5. The van der Waals surface area contributed by atoms with Crippen molar-refractivity contribution in [2.75, 3.05) is 46.2 Å². The minimum atomic E-state index is -4.79. The van der Waals surface area contributed by atoms with Crippen LogP contribution in [0.5, 0.6) is 17.2 Å². The van der Waals surface area contributed by atoms with Crippen LogP contribution in [-0.2, 0) is 54.1 Å². The van der Waals surface area contributed by atoms with Crippen molar-refractivity contribution in [3.05, 3.63) is 89.1 Å². The Labute approximate surface area is 380 Å². The molecule has 4 amide bonds. The molecule has 1 saturated heterocycles. The molecule has 5 heterocycles. The molecule has 360 valence electrons. The molecule has 68 heavy (non-hydrogen) atoms. The average molecular weight is 959 g/mol. The van der Waals surface area contributed by atoms with E-state index in [1.54, 1.807) is 12.3 Å². The van der Waals surface area contributed by atoms with E-state index in [1.165, 1.54) is 28.9 Å². The number of phenolic OH excluding ortho intramolecular Hbond substituents is 1. The summed E-state index contributed by atoms with van der Waals surface area (Å²) in [7, 11) is 0. The number of ketones is 1. The number of nitrogens with zero attached hydrogens (tertiary/aromatic N) is 6. The first kappa shape index (κ1) is 48.7. The molecule has 1 atom stereocenters. The summed E-state index contributed by atoms with van der Waals surface area (Å²) in [6.45, 7) is 0.865. The van der Waals surface area contributed by atoms with Gasteiger partial charge in [0.2, 0.25) is 11.8 Å². The minimum Gasteiger partial charge on any atom is -0.506 e. The SMILES string of the molecule is O=C(CCCOc1ccc(-c2cc(C(F)(F)F)[nH]n2)c(O)c1-c1cncc(C(F)(F)F)c1)COCCOCCOCCn1cc(COc2cccc3c2C(=O)N(C2CCC(=O)NC2=O)C3=O)nn1. The highest BCUT2D eigenvalue weighted by Crippen LogP contribution is 2.45. The number of piperidine rings is 1. The summed E-state index contributed by atoms with van der Waals surface area (Å²) >= 11 is 0. The third kappa shape index (κ3) is 11.6. The van der Waals surface area contributed by atoms with Crippen molar-refractivity contribution < 1.29 is 79.1 Å². The maximum Gasteiger partial charge on any atom is 0.432 e. The van der Waals surface area contributed by atoms with Gasteiger partial charge in [0.25, 0.3) is 11.8 Å². The second-order valence-corrected chi connectivity index (χ2v) is 15.1. The van der Waals surface area contributed by atoms with Gasteiger partial charge in [-0.2, -0.15) is 31.4 Å². The standard InChI is InChI=1S/C43H40F6N8O11/c44-42(45,46)25-17-24(19-50-20-25)36-33(8-6-28(38(36)60)30-18-34(54-53-30)43(47,48)49)67-11-2-3-27(58)23-66-16-15-65-14-13-64-12-10-56-21-26(52-55-56)22-68-32-5-1-4-29-37(32)41(63)57(40(29)62)31-7-9-35(59)51-39(31)61/h1,4-6,8,17-21,31,60H,2-3,7,9-16,22-23H2,(H,53,54)(H,51,59,61). The lowest BCUT2D eigenvalue weighted by Crippen LogP contribution is -2.54. The molecule has 1 unspecified atom stereocenters. The number of H-pyrrole nitrogens is 1. The van der Waals surface area contributed by atoms with Gasteiger partial charge in [0.05, 0.1) is 80.3 Å². The largest absolute Gasteiger partial charge is 0.506 e. The normalized spacial score (nSPS) is 15.2. The molecule has 0 aliphatic carbocycles. The molecule has 25 heteroatoms. The lowest BCUT2D eigenvalue weighted by atomic mass is 9.98. The van der Waals surface area contributed by atoms with E-state index in [9.17, 15) is 55.4 Å². The number of nitrogens with one attached hydrogen (secondary N) is 2. The first-order valence-corrected chi connectivity index (χ1v) is 20.7. The van der Waals surface area contributed by atoms with Crippen LogP contribution in [0, 0.1) is 0 Å². The third-order valence-electron chi connectivity index (χ3n) is 10.4. The monoisotopic (exact) mass is 958 g/mol. The minimum absolute atomic E-state index is 0.00198. The number of aromatic amines is 1. The van der Waals surface area contributed by atoms with Crippen molar-refractivity contribution in [2.24, 2.45) is 0 Å². The number of Topliss-reactive ketones (excluding diaryl/α,β-unsaturated/α-hetero) is 1. The highest BCUT2D eigenvalue weighted by atomic mass is 19.4. The maximum absolute atomic E-state index is 13.5. The molecule has 2 aromatic carbocycles. The third-order valence-corrected chi connectivity index (χ3v) is 10.4. The predicted octanol–water partition coefficient (Wildman–Crippen LogP) is 4.93. The van der Waals surface area contributed by atoms with Crippen LogP contribution in [0.2, 0.25) is 0 Å². The number of amides is 4. The summed E-state index contributed by atoms with van der Waals surface area (Å²) < 4.78 is 110. The van der Waals surface area contributed by atoms with Crippen LogP contribution < -0.4 is 14.8 Å². The number of imide groups is 2. The van der Waals surface area contributed by atoms with Gasteiger partial charge in [-0.05, 0) is 49.2 Å². The van der Waals surface area contributed by atoms with Gasteiger partial charge >= 0.3 is 12.4 Å². The van der Waals surface area contributed by atoms with Gasteiger partial charge in [-0.25, -0.2) is 4.68 Å². The van der Waals surface area contributed by atoms with Crippen molar-refractivity contribution in [2.45, 2.75) is 57.2 Å². The van der Waals surface area contributed by atoms with Crippen LogP contribution in [0.3, 0.4) is 0 Å². The molecule has 5 aromatic rings. The molecule has 3 aromatic heterocycles. The number of halogens is 6. The predicted molar refractivity (Wildman–Crippen MR) is 219 cm³/mol. The number of carbonyl (C=O) groups excluding carboxylic acids is 5. The van der Waals surface area contributed by atoms with Crippen molar-refractivity contribution in [3.8, 4) is 39.6 Å². The number of benzene rings is 2. The van der Waals surface area contributed by atoms with Gasteiger partial charge in [0.1, 0.15) is 47.9 Å². The van der Waals surface area contributed by atoms with E-state index < -0.39 is 59.0 Å². The number of phenols is 1. The lowest BCUT2D eigenvalue weighted by molar-refractivity contribution is -0.141. The Balaban J connectivity index is 0.774. The topological polar surface area (TPSA) is 239 Å². The van der Waals surface area contributed by atoms with Gasteiger partial charge in [-0.3, -0.25) is 44.3 Å². The molecular formula is C43H40F6N8O11. The zero-order chi connectivity index (χ0) is 48.6. The number of hydrogen-bond donors (Lipinski definition) is 3. The lowest BCUT2D eigenvalue weighted by Gasteiger charge is -2.27. The second kappa shape index (κ2) is 21.1. The molecule has 0 bridgehead atoms. The van der Waals surface area contributed by atoms with Crippen molar-refractivity contribution in [1.29, 1.82) is 0 Å². The fraction of sp³-hybridized carbons (Fsp3) is 0.372. The zero-order valence-electron chi connectivity index (χ0n) is 35.5. The molecule has 7 rings (SSSR count). The van der Waals surface area contributed by atoms with Crippen molar-refractivity contribution >= 4 is 29.4 Å². The number of carbonyl (C=O) groups is 5. The van der Waals surface area contributed by atoms with Crippen LogP contribution >= 0.6 is 0 Å². The van der Waals surface area contributed by atoms with Gasteiger partial charge in [0.15, 0.2) is 5.78 Å². The molecule has 2 aliphatic heterocycles. The van der Waals surface area contributed by atoms with E-state index >= 15 is 0 Å². The zero-order valence-corrected chi connectivity index (χ0v) is 35.5. The van der Waals surface area contributed by atoms with Crippen LogP contribution in [0.4, 0.5) is 26.3 Å². The van der Waals surface area contributed by atoms with Crippen LogP contribution in [-0.4, -0.2) is 122 Å². The molecule has 0 radical (unpaired) electrons.